The lowest BCUT2D eigenvalue weighted by molar-refractivity contribution is -0.141. The zero-order chi connectivity index (χ0) is 15.7. The maximum atomic E-state index is 13.4. The van der Waals surface area contributed by atoms with Crippen LogP contribution in [0.3, 0.4) is 0 Å². The maximum absolute atomic E-state index is 13.4. The molecular weight excluding hydrogens is 366 g/mol. The second-order valence-electron chi connectivity index (χ2n) is 7.17. The van der Waals surface area contributed by atoms with Gasteiger partial charge in [0.05, 0.1) is 0 Å². The summed E-state index contributed by atoms with van der Waals surface area (Å²) >= 11 is 27.2. The summed E-state index contributed by atoms with van der Waals surface area (Å²) in [5, 5.41) is 0. The Bertz CT molecular complexity index is 605. The van der Waals surface area contributed by atoms with Crippen LogP contribution in [0.1, 0.15) is 12.8 Å². The van der Waals surface area contributed by atoms with Crippen molar-refractivity contribution in [3.05, 3.63) is 24.3 Å². The van der Waals surface area contributed by atoms with Crippen LogP contribution in [0.2, 0.25) is 0 Å². The monoisotopic (exact) mass is 376 g/mol. The molecule has 5 aliphatic carbocycles. The Kier molecular flexibility index (Phi) is 2.37. The fourth-order valence-electron chi connectivity index (χ4n) is 5.52. The number of carbonyl (C=O) groups is 2. The van der Waals surface area contributed by atoms with Gasteiger partial charge in [-0.15, -0.1) is 46.4 Å². The van der Waals surface area contributed by atoms with Gasteiger partial charge in [0.15, 0.2) is 11.6 Å². The third kappa shape index (κ3) is 1.02. The minimum absolute atomic E-state index is 0.256. The predicted octanol–water partition coefficient (Wildman–Crippen LogP) is 3.46. The Hall–Kier alpha value is -0.0200. The van der Waals surface area contributed by atoms with E-state index < -0.39 is 19.5 Å². The van der Waals surface area contributed by atoms with Crippen molar-refractivity contribution in [2.75, 3.05) is 0 Å². The summed E-state index contributed by atoms with van der Waals surface area (Å²) in [6.45, 7) is 0. The highest BCUT2D eigenvalue weighted by Gasteiger charge is 2.87. The number of hydrogen-bond acceptors (Lipinski definition) is 2. The predicted molar refractivity (Wildman–Crippen MR) is 85.8 cm³/mol. The molecule has 22 heavy (non-hydrogen) atoms. The van der Waals surface area contributed by atoms with Crippen LogP contribution < -0.4 is 0 Å². The van der Waals surface area contributed by atoms with E-state index in [1.165, 1.54) is 0 Å². The molecule has 0 aromatic heterocycles. The molecule has 0 radical (unpaired) electrons. The summed E-state index contributed by atoms with van der Waals surface area (Å²) in [6.07, 6.45) is 8.80. The summed E-state index contributed by atoms with van der Waals surface area (Å²) in [6, 6.07) is 0. The van der Waals surface area contributed by atoms with Crippen LogP contribution in [-0.4, -0.2) is 31.1 Å². The van der Waals surface area contributed by atoms with Crippen LogP contribution in [0.25, 0.3) is 0 Å². The average molecular weight is 378 g/mol. The summed E-state index contributed by atoms with van der Waals surface area (Å²) in [4.78, 5) is 20.9. The number of halogens is 4. The van der Waals surface area contributed by atoms with Gasteiger partial charge in [-0.1, -0.05) is 24.3 Å². The second-order valence-corrected chi connectivity index (χ2v) is 9.56. The molecule has 5 aliphatic rings. The molecule has 0 N–H and O–H groups in total. The van der Waals surface area contributed by atoms with Crippen molar-refractivity contribution in [3.8, 4) is 0 Å². The Morgan fingerprint density at radius 3 is 1.09 bits per heavy atom. The number of fused-ring (bicyclic) bond motifs is 10. The average Bonchev–Trinajstić information content (AvgIpc) is 3.23. The maximum Gasteiger partial charge on any atom is 0.180 e. The zero-order valence-electron chi connectivity index (χ0n) is 11.4. The SMILES string of the molecule is O=C1[C@@]2(Cl)[C@H]3C=C[C@@H](C3)[C@@]2(Cl)C(=O)[C@@]2(Cl)[C@H]3C=C[C@@H](C3)[C@@]12Cl. The van der Waals surface area contributed by atoms with Crippen molar-refractivity contribution in [2.24, 2.45) is 23.7 Å². The van der Waals surface area contributed by atoms with E-state index in [9.17, 15) is 9.59 Å². The molecule has 0 aliphatic heterocycles. The van der Waals surface area contributed by atoms with E-state index in [-0.39, 0.29) is 35.2 Å². The van der Waals surface area contributed by atoms with Gasteiger partial charge in [-0.05, 0) is 12.8 Å². The molecule has 8 atom stereocenters. The lowest BCUT2D eigenvalue weighted by Crippen LogP contribution is -2.78. The minimum Gasteiger partial charge on any atom is -0.295 e. The van der Waals surface area contributed by atoms with Crippen LogP contribution in [-0.2, 0) is 9.59 Å². The highest BCUT2D eigenvalue weighted by atomic mass is 35.5. The lowest BCUT2D eigenvalue weighted by Gasteiger charge is -2.56. The number of rotatable bonds is 0. The molecule has 2 nitrogen and oxygen atoms in total. The summed E-state index contributed by atoms with van der Waals surface area (Å²) in [5.74, 6) is -1.74. The number of ketones is 2. The smallest absolute Gasteiger partial charge is 0.180 e. The molecule has 0 spiro atoms. The Morgan fingerprint density at radius 1 is 0.636 bits per heavy atom. The Balaban J connectivity index is 1.84. The number of Topliss-reactive ketones (excluding diaryl/α,β-unsaturated/α-hetero) is 2. The fourth-order valence-corrected chi connectivity index (χ4v) is 7.77. The van der Waals surface area contributed by atoms with Gasteiger partial charge in [0.1, 0.15) is 19.5 Å². The molecule has 5 rings (SSSR count). The molecule has 6 heteroatoms. The second kappa shape index (κ2) is 3.64. The summed E-state index contributed by atoms with van der Waals surface area (Å²) in [5.41, 5.74) is 0. The van der Waals surface area contributed by atoms with Crippen LogP contribution in [0, 0.1) is 23.7 Å². The van der Waals surface area contributed by atoms with Gasteiger partial charge in [-0.3, -0.25) is 9.59 Å². The van der Waals surface area contributed by atoms with Crippen molar-refractivity contribution in [1.82, 2.24) is 0 Å². The van der Waals surface area contributed by atoms with Crippen molar-refractivity contribution >= 4 is 58.0 Å². The third-order valence-electron chi connectivity index (χ3n) is 6.59. The molecule has 0 heterocycles. The molecule has 0 unspecified atom stereocenters. The highest BCUT2D eigenvalue weighted by Crippen LogP contribution is 2.73. The lowest BCUT2D eigenvalue weighted by atomic mass is 9.58. The molecule has 0 aromatic rings. The van der Waals surface area contributed by atoms with E-state index in [4.69, 9.17) is 46.4 Å². The van der Waals surface area contributed by atoms with Gasteiger partial charge in [0, 0.05) is 23.7 Å². The van der Waals surface area contributed by atoms with E-state index >= 15 is 0 Å². The van der Waals surface area contributed by atoms with Crippen molar-refractivity contribution < 1.29 is 9.59 Å². The van der Waals surface area contributed by atoms with Crippen LogP contribution in [0.4, 0.5) is 0 Å². The minimum atomic E-state index is -1.48. The fraction of sp³-hybridized carbons (Fsp3) is 0.625. The van der Waals surface area contributed by atoms with Crippen molar-refractivity contribution in [2.45, 2.75) is 32.3 Å². The molecule has 4 bridgehead atoms. The topological polar surface area (TPSA) is 34.1 Å². The van der Waals surface area contributed by atoms with Crippen LogP contribution in [0.5, 0.6) is 0 Å². The highest BCUT2D eigenvalue weighted by molar-refractivity contribution is 6.64. The summed E-state index contributed by atoms with van der Waals surface area (Å²) in [7, 11) is 0. The van der Waals surface area contributed by atoms with E-state index in [1.807, 2.05) is 24.3 Å². The van der Waals surface area contributed by atoms with Crippen LogP contribution in [0.15, 0.2) is 24.3 Å². The molecule has 3 fully saturated rings. The Labute approximate surface area is 147 Å². The number of allylic oxidation sites excluding steroid dienone is 4. The number of carbonyl (C=O) groups excluding carboxylic acids is 2. The molecule has 0 saturated heterocycles. The molecule has 116 valence electrons. The van der Waals surface area contributed by atoms with Crippen molar-refractivity contribution in [1.29, 1.82) is 0 Å². The van der Waals surface area contributed by atoms with Gasteiger partial charge in [-0.2, -0.15) is 0 Å². The van der Waals surface area contributed by atoms with E-state index in [1.54, 1.807) is 0 Å². The van der Waals surface area contributed by atoms with Gasteiger partial charge < -0.3 is 0 Å². The van der Waals surface area contributed by atoms with Gasteiger partial charge in [0.25, 0.3) is 0 Å². The molecule has 0 amide bonds. The first kappa shape index (κ1) is 14.3. The van der Waals surface area contributed by atoms with E-state index in [2.05, 4.69) is 0 Å². The standard InChI is InChI=1S/C16H12Cl4O2/c17-13-7-1-2-8(5-7)14(13,18)12(22)16(20)10-4-3-9(6-10)15(16,19)11(13)21/h1-4,7-10H,5-6H2/t7-,8-,9-,10-,13-,14+,15+,16-/m0/s1. The van der Waals surface area contributed by atoms with E-state index in [0.717, 1.165) is 0 Å². The van der Waals surface area contributed by atoms with Crippen molar-refractivity contribution in [3.63, 3.8) is 0 Å². The largest absolute Gasteiger partial charge is 0.295 e. The first-order chi connectivity index (χ1) is 10.2. The zero-order valence-corrected chi connectivity index (χ0v) is 14.4. The van der Waals surface area contributed by atoms with E-state index in [0.29, 0.717) is 12.8 Å². The number of alkyl halides is 4. The van der Waals surface area contributed by atoms with Crippen LogP contribution >= 0.6 is 46.4 Å². The summed E-state index contributed by atoms with van der Waals surface area (Å²) < 4.78 is 0. The Morgan fingerprint density at radius 2 is 0.864 bits per heavy atom. The first-order valence-electron chi connectivity index (χ1n) is 7.45. The van der Waals surface area contributed by atoms with Gasteiger partial charge in [0.2, 0.25) is 0 Å². The van der Waals surface area contributed by atoms with Gasteiger partial charge >= 0.3 is 0 Å². The molecular formula is C16H12Cl4O2. The normalized spacial score (nSPS) is 63.6. The first-order valence-corrected chi connectivity index (χ1v) is 8.96. The molecule has 3 saturated carbocycles. The molecule has 0 aromatic carbocycles. The quantitative estimate of drug-likeness (QED) is 0.478. The number of hydrogen-bond donors (Lipinski definition) is 0. The van der Waals surface area contributed by atoms with Gasteiger partial charge in [-0.25, -0.2) is 0 Å². The third-order valence-corrected chi connectivity index (χ3v) is 9.79.